The molecule has 0 spiro atoms. The standard InChI is InChI=1S/C21H27N3O2.ClH/c1-14-11-12-16(13-17(14)24-18(25)20(2,3)4)23-19(26)21(5,22)15-9-7-6-8-10-15;/h6-13H,22H2,1-5H3,(H,23,26)(H,24,25);1H. The van der Waals surface area contributed by atoms with Crippen molar-refractivity contribution < 1.29 is 9.59 Å². The molecule has 2 amide bonds. The van der Waals surface area contributed by atoms with Crippen LogP contribution in [0.15, 0.2) is 48.5 Å². The molecule has 0 aliphatic heterocycles. The molecule has 2 rings (SSSR count). The van der Waals surface area contributed by atoms with E-state index in [1.165, 1.54) is 0 Å². The zero-order valence-electron chi connectivity index (χ0n) is 16.4. The number of carbonyl (C=O) groups is 2. The molecule has 1 unspecified atom stereocenters. The number of anilines is 2. The van der Waals surface area contributed by atoms with Gasteiger partial charge in [0.1, 0.15) is 5.54 Å². The molecule has 2 aromatic rings. The smallest absolute Gasteiger partial charge is 0.248 e. The van der Waals surface area contributed by atoms with Gasteiger partial charge in [0, 0.05) is 16.8 Å². The van der Waals surface area contributed by atoms with E-state index in [1.807, 2.05) is 64.1 Å². The average molecular weight is 390 g/mol. The van der Waals surface area contributed by atoms with Gasteiger partial charge in [-0.25, -0.2) is 0 Å². The minimum atomic E-state index is -1.17. The molecule has 0 heterocycles. The summed E-state index contributed by atoms with van der Waals surface area (Å²) >= 11 is 0. The second kappa shape index (κ2) is 8.55. The molecule has 5 nitrogen and oxygen atoms in total. The van der Waals surface area contributed by atoms with Crippen LogP contribution in [0.2, 0.25) is 0 Å². The van der Waals surface area contributed by atoms with Crippen molar-refractivity contribution in [3.63, 3.8) is 0 Å². The number of nitrogens with two attached hydrogens (primary N) is 1. The Morgan fingerprint density at radius 1 is 0.889 bits per heavy atom. The number of aryl methyl sites for hydroxylation is 1. The minimum Gasteiger partial charge on any atom is -0.325 e. The lowest BCUT2D eigenvalue weighted by atomic mass is 9.92. The van der Waals surface area contributed by atoms with Crippen LogP contribution in [0.25, 0.3) is 0 Å². The highest BCUT2D eigenvalue weighted by molar-refractivity contribution is 6.00. The monoisotopic (exact) mass is 389 g/mol. The van der Waals surface area contributed by atoms with Gasteiger partial charge in [0.25, 0.3) is 0 Å². The summed E-state index contributed by atoms with van der Waals surface area (Å²) < 4.78 is 0. The predicted molar refractivity (Wildman–Crippen MR) is 113 cm³/mol. The van der Waals surface area contributed by atoms with Gasteiger partial charge in [0.15, 0.2) is 0 Å². The quantitative estimate of drug-likeness (QED) is 0.732. The van der Waals surface area contributed by atoms with E-state index in [-0.39, 0.29) is 24.2 Å². The van der Waals surface area contributed by atoms with Crippen molar-refractivity contribution in [2.45, 2.75) is 40.2 Å². The molecular weight excluding hydrogens is 362 g/mol. The van der Waals surface area contributed by atoms with Crippen LogP contribution in [0.4, 0.5) is 11.4 Å². The van der Waals surface area contributed by atoms with Crippen LogP contribution in [0.5, 0.6) is 0 Å². The van der Waals surface area contributed by atoms with Gasteiger partial charge in [0.05, 0.1) is 0 Å². The largest absolute Gasteiger partial charge is 0.325 e. The third-order valence-corrected chi connectivity index (χ3v) is 4.27. The summed E-state index contributed by atoms with van der Waals surface area (Å²) in [5, 5.41) is 5.76. The van der Waals surface area contributed by atoms with Crippen LogP contribution in [0, 0.1) is 12.3 Å². The molecule has 0 fully saturated rings. The van der Waals surface area contributed by atoms with Crippen LogP contribution < -0.4 is 16.4 Å². The molecule has 2 aromatic carbocycles. The molecule has 1 atom stereocenters. The van der Waals surface area contributed by atoms with Crippen molar-refractivity contribution in [1.29, 1.82) is 0 Å². The van der Waals surface area contributed by atoms with Gasteiger partial charge in [-0.2, -0.15) is 0 Å². The van der Waals surface area contributed by atoms with E-state index in [2.05, 4.69) is 10.6 Å². The Morgan fingerprint density at radius 3 is 2.04 bits per heavy atom. The molecule has 0 aromatic heterocycles. The van der Waals surface area contributed by atoms with Gasteiger partial charge in [0.2, 0.25) is 11.8 Å². The summed E-state index contributed by atoms with van der Waals surface area (Å²) in [5.41, 5.74) is 7.47. The van der Waals surface area contributed by atoms with Gasteiger partial charge in [-0.05, 0) is 37.1 Å². The number of amides is 2. The van der Waals surface area contributed by atoms with E-state index in [1.54, 1.807) is 19.1 Å². The molecule has 146 valence electrons. The lowest BCUT2D eigenvalue weighted by Crippen LogP contribution is -2.45. The van der Waals surface area contributed by atoms with Crippen molar-refractivity contribution in [2.24, 2.45) is 11.1 Å². The molecule has 27 heavy (non-hydrogen) atoms. The zero-order valence-corrected chi connectivity index (χ0v) is 17.2. The van der Waals surface area contributed by atoms with Crippen LogP contribution in [-0.4, -0.2) is 11.8 Å². The minimum absolute atomic E-state index is 0. The SMILES string of the molecule is Cc1ccc(NC(=O)C(C)(N)c2ccccc2)cc1NC(=O)C(C)(C)C.Cl. The number of benzene rings is 2. The van der Waals surface area contributed by atoms with Crippen molar-refractivity contribution in [3.05, 3.63) is 59.7 Å². The highest BCUT2D eigenvalue weighted by Gasteiger charge is 2.30. The lowest BCUT2D eigenvalue weighted by molar-refractivity contribution is -0.123. The van der Waals surface area contributed by atoms with E-state index < -0.39 is 11.0 Å². The van der Waals surface area contributed by atoms with Gasteiger partial charge in [-0.3, -0.25) is 9.59 Å². The van der Waals surface area contributed by atoms with Gasteiger partial charge < -0.3 is 16.4 Å². The van der Waals surface area contributed by atoms with E-state index in [9.17, 15) is 9.59 Å². The summed E-state index contributed by atoms with van der Waals surface area (Å²) in [6, 6.07) is 14.6. The Bertz CT molecular complexity index is 812. The molecule has 0 aliphatic carbocycles. The van der Waals surface area contributed by atoms with Gasteiger partial charge in [-0.15, -0.1) is 12.4 Å². The highest BCUT2D eigenvalue weighted by Crippen LogP contribution is 2.25. The van der Waals surface area contributed by atoms with Crippen molar-refractivity contribution in [2.75, 3.05) is 10.6 Å². The fourth-order valence-electron chi connectivity index (χ4n) is 2.32. The first-order chi connectivity index (χ1) is 12.0. The molecule has 0 saturated carbocycles. The zero-order chi connectivity index (χ0) is 19.5. The molecular formula is C21H28ClN3O2. The van der Waals surface area contributed by atoms with Crippen LogP contribution in [-0.2, 0) is 15.1 Å². The van der Waals surface area contributed by atoms with E-state index in [0.717, 1.165) is 11.1 Å². The number of rotatable bonds is 4. The third kappa shape index (κ3) is 5.55. The van der Waals surface area contributed by atoms with Crippen LogP contribution in [0.3, 0.4) is 0 Å². The lowest BCUT2D eigenvalue weighted by Gasteiger charge is -2.24. The van der Waals surface area contributed by atoms with Crippen LogP contribution in [0.1, 0.15) is 38.8 Å². The maximum absolute atomic E-state index is 12.7. The fourth-order valence-corrected chi connectivity index (χ4v) is 2.32. The van der Waals surface area contributed by atoms with Gasteiger partial charge >= 0.3 is 0 Å². The maximum Gasteiger partial charge on any atom is 0.248 e. The molecule has 4 N–H and O–H groups in total. The second-order valence-electron chi connectivity index (χ2n) is 7.76. The number of nitrogens with one attached hydrogen (secondary N) is 2. The van der Waals surface area contributed by atoms with Crippen molar-refractivity contribution >= 4 is 35.6 Å². The third-order valence-electron chi connectivity index (χ3n) is 4.27. The number of hydrogen-bond acceptors (Lipinski definition) is 3. The van der Waals surface area contributed by atoms with Crippen molar-refractivity contribution in [3.8, 4) is 0 Å². The summed E-state index contributed by atoms with van der Waals surface area (Å²) in [5.74, 6) is -0.405. The van der Waals surface area contributed by atoms with E-state index in [0.29, 0.717) is 11.4 Å². The molecule has 0 radical (unpaired) electrons. The molecule has 0 aliphatic rings. The average Bonchev–Trinajstić information content (AvgIpc) is 2.57. The summed E-state index contributed by atoms with van der Waals surface area (Å²) in [4.78, 5) is 24.9. The molecule has 0 bridgehead atoms. The summed E-state index contributed by atoms with van der Waals surface area (Å²) in [6.07, 6.45) is 0. The topological polar surface area (TPSA) is 84.2 Å². The number of carbonyl (C=O) groups excluding carboxylic acids is 2. The first kappa shape index (κ1) is 22.7. The Morgan fingerprint density at radius 2 is 1.48 bits per heavy atom. The van der Waals surface area contributed by atoms with Crippen molar-refractivity contribution in [1.82, 2.24) is 0 Å². The summed E-state index contributed by atoms with van der Waals surface area (Å²) in [6.45, 7) is 9.13. The fraction of sp³-hybridized carbons (Fsp3) is 0.333. The van der Waals surface area contributed by atoms with E-state index in [4.69, 9.17) is 5.73 Å². The molecule has 6 heteroatoms. The van der Waals surface area contributed by atoms with E-state index >= 15 is 0 Å². The Kier molecular flexibility index (Phi) is 7.18. The first-order valence-electron chi connectivity index (χ1n) is 8.60. The summed E-state index contributed by atoms with van der Waals surface area (Å²) in [7, 11) is 0. The maximum atomic E-state index is 12.7. The Labute approximate surface area is 167 Å². The highest BCUT2D eigenvalue weighted by atomic mass is 35.5. The molecule has 0 saturated heterocycles. The second-order valence-corrected chi connectivity index (χ2v) is 7.76. The first-order valence-corrected chi connectivity index (χ1v) is 8.60. The Balaban J connectivity index is 0.00000364. The number of halogens is 1. The van der Waals surface area contributed by atoms with Crippen LogP contribution >= 0.6 is 12.4 Å². The number of hydrogen-bond donors (Lipinski definition) is 3. The predicted octanol–water partition coefficient (Wildman–Crippen LogP) is 4.21. The van der Waals surface area contributed by atoms with Gasteiger partial charge in [-0.1, -0.05) is 57.2 Å². The Hall–Kier alpha value is -2.37. The normalized spacial score (nSPS) is 13.1.